The van der Waals surface area contributed by atoms with Crippen LogP contribution in [0.5, 0.6) is 5.75 Å². The zero-order chi connectivity index (χ0) is 14.1. The Labute approximate surface area is 122 Å². The molecule has 1 aliphatic heterocycles. The first kappa shape index (κ1) is 13.4. The van der Waals surface area contributed by atoms with Gasteiger partial charge in [0.25, 0.3) is 0 Å². The van der Waals surface area contributed by atoms with Gasteiger partial charge in [-0.05, 0) is 35.7 Å². The first-order chi connectivity index (χ1) is 9.65. The van der Waals surface area contributed by atoms with Gasteiger partial charge in [0.15, 0.2) is 0 Å². The third-order valence-electron chi connectivity index (χ3n) is 3.57. The van der Waals surface area contributed by atoms with Gasteiger partial charge in [0, 0.05) is 23.0 Å². The van der Waals surface area contributed by atoms with E-state index in [1.807, 2.05) is 18.2 Å². The molecule has 20 heavy (non-hydrogen) atoms. The molecule has 1 heterocycles. The molecular formula is C16H15ClFNO. The topological polar surface area (TPSA) is 35.2 Å². The Morgan fingerprint density at radius 1 is 1.30 bits per heavy atom. The largest absolute Gasteiger partial charge is 0.493 e. The van der Waals surface area contributed by atoms with E-state index in [1.165, 1.54) is 6.07 Å². The fraction of sp³-hybridized carbons (Fsp3) is 0.250. The quantitative estimate of drug-likeness (QED) is 0.937. The molecule has 0 aliphatic carbocycles. The maximum absolute atomic E-state index is 13.7. The smallest absolute Gasteiger partial charge is 0.127 e. The van der Waals surface area contributed by atoms with E-state index in [2.05, 4.69) is 0 Å². The SMILES string of the molecule is NC(Cc1ccccc1F)c1cc(Cl)cc2c1OCC2. The van der Waals surface area contributed by atoms with Gasteiger partial charge in [-0.3, -0.25) is 0 Å². The van der Waals surface area contributed by atoms with Gasteiger partial charge in [-0.15, -0.1) is 0 Å². The van der Waals surface area contributed by atoms with Crippen molar-refractivity contribution in [2.45, 2.75) is 18.9 Å². The number of hydrogen-bond donors (Lipinski definition) is 1. The summed E-state index contributed by atoms with van der Waals surface area (Å²) < 4.78 is 19.3. The second-order valence-electron chi connectivity index (χ2n) is 4.98. The van der Waals surface area contributed by atoms with Gasteiger partial charge in [-0.1, -0.05) is 29.8 Å². The molecule has 3 rings (SSSR count). The van der Waals surface area contributed by atoms with Crippen LogP contribution in [0.25, 0.3) is 0 Å². The van der Waals surface area contributed by atoms with Gasteiger partial charge in [0.2, 0.25) is 0 Å². The summed E-state index contributed by atoms with van der Waals surface area (Å²) in [4.78, 5) is 0. The lowest BCUT2D eigenvalue weighted by Crippen LogP contribution is -2.15. The van der Waals surface area contributed by atoms with Crippen molar-refractivity contribution in [2.75, 3.05) is 6.61 Å². The molecule has 1 atom stereocenters. The summed E-state index contributed by atoms with van der Waals surface area (Å²) in [6.45, 7) is 0.648. The third-order valence-corrected chi connectivity index (χ3v) is 3.79. The summed E-state index contributed by atoms with van der Waals surface area (Å²) in [5.74, 6) is 0.584. The number of rotatable bonds is 3. The Morgan fingerprint density at radius 2 is 2.10 bits per heavy atom. The number of halogens is 2. The van der Waals surface area contributed by atoms with E-state index >= 15 is 0 Å². The average Bonchev–Trinajstić information content (AvgIpc) is 2.88. The molecule has 0 spiro atoms. The van der Waals surface area contributed by atoms with Crippen molar-refractivity contribution in [1.82, 2.24) is 0 Å². The van der Waals surface area contributed by atoms with Gasteiger partial charge in [0.05, 0.1) is 6.61 Å². The number of ether oxygens (including phenoxy) is 1. The van der Waals surface area contributed by atoms with E-state index < -0.39 is 0 Å². The molecule has 0 radical (unpaired) electrons. The molecule has 0 bridgehead atoms. The molecule has 2 aromatic carbocycles. The van der Waals surface area contributed by atoms with Crippen LogP contribution in [-0.2, 0) is 12.8 Å². The van der Waals surface area contributed by atoms with Crippen LogP contribution in [0.1, 0.15) is 22.7 Å². The molecule has 2 nitrogen and oxygen atoms in total. The van der Waals surface area contributed by atoms with E-state index in [9.17, 15) is 4.39 Å². The summed E-state index contributed by atoms with van der Waals surface area (Å²) >= 11 is 6.12. The van der Waals surface area contributed by atoms with Crippen molar-refractivity contribution >= 4 is 11.6 Å². The van der Waals surface area contributed by atoms with Crippen LogP contribution in [0, 0.1) is 5.82 Å². The molecule has 4 heteroatoms. The summed E-state index contributed by atoms with van der Waals surface area (Å²) in [6.07, 6.45) is 1.26. The van der Waals surface area contributed by atoms with Crippen LogP contribution < -0.4 is 10.5 Å². The first-order valence-corrected chi connectivity index (χ1v) is 6.97. The molecule has 1 aliphatic rings. The molecule has 0 aromatic heterocycles. The molecule has 2 N–H and O–H groups in total. The van der Waals surface area contributed by atoms with Gasteiger partial charge >= 0.3 is 0 Å². The van der Waals surface area contributed by atoms with Gasteiger partial charge in [0.1, 0.15) is 11.6 Å². The summed E-state index contributed by atoms with van der Waals surface area (Å²) in [7, 11) is 0. The Hall–Kier alpha value is -1.58. The van der Waals surface area contributed by atoms with E-state index in [0.29, 0.717) is 23.6 Å². The van der Waals surface area contributed by atoms with Crippen LogP contribution in [0.2, 0.25) is 5.02 Å². The highest BCUT2D eigenvalue weighted by Crippen LogP contribution is 2.36. The highest BCUT2D eigenvalue weighted by Gasteiger charge is 2.22. The number of fused-ring (bicyclic) bond motifs is 1. The van der Waals surface area contributed by atoms with Crippen LogP contribution in [-0.4, -0.2) is 6.61 Å². The minimum absolute atomic E-state index is 0.234. The van der Waals surface area contributed by atoms with Crippen molar-refractivity contribution in [2.24, 2.45) is 5.73 Å². The minimum atomic E-state index is -0.336. The zero-order valence-electron chi connectivity index (χ0n) is 10.9. The van der Waals surface area contributed by atoms with Crippen molar-refractivity contribution < 1.29 is 9.13 Å². The standard InChI is InChI=1S/C16H15ClFNO/c17-12-7-11-5-6-20-16(11)13(9-12)15(19)8-10-3-1-2-4-14(10)18/h1-4,7,9,15H,5-6,8,19H2. The lowest BCUT2D eigenvalue weighted by atomic mass is 9.96. The van der Waals surface area contributed by atoms with Gasteiger partial charge in [-0.2, -0.15) is 0 Å². The monoisotopic (exact) mass is 291 g/mol. The second-order valence-corrected chi connectivity index (χ2v) is 5.42. The normalized spacial score (nSPS) is 14.8. The predicted molar refractivity (Wildman–Crippen MR) is 77.7 cm³/mol. The fourth-order valence-electron chi connectivity index (χ4n) is 2.58. The van der Waals surface area contributed by atoms with Crippen LogP contribution in [0.15, 0.2) is 36.4 Å². The number of nitrogens with two attached hydrogens (primary N) is 1. The molecule has 0 saturated heterocycles. The van der Waals surface area contributed by atoms with Crippen molar-refractivity contribution in [3.63, 3.8) is 0 Å². The van der Waals surface area contributed by atoms with E-state index in [1.54, 1.807) is 12.1 Å². The minimum Gasteiger partial charge on any atom is -0.493 e. The average molecular weight is 292 g/mol. The molecule has 1 unspecified atom stereocenters. The number of benzene rings is 2. The highest BCUT2D eigenvalue weighted by atomic mass is 35.5. The molecule has 104 valence electrons. The predicted octanol–water partition coefficient (Wildman–Crippen LogP) is 3.66. The molecular weight excluding hydrogens is 277 g/mol. The molecule has 0 amide bonds. The van der Waals surface area contributed by atoms with Crippen LogP contribution in [0.3, 0.4) is 0 Å². The van der Waals surface area contributed by atoms with E-state index in [4.69, 9.17) is 22.1 Å². The molecule has 0 fully saturated rings. The third kappa shape index (κ3) is 2.51. The lowest BCUT2D eigenvalue weighted by molar-refractivity contribution is 0.351. The Bertz CT molecular complexity index is 644. The second kappa shape index (κ2) is 5.43. The van der Waals surface area contributed by atoms with Crippen LogP contribution >= 0.6 is 11.6 Å². The van der Waals surface area contributed by atoms with Gasteiger partial charge in [-0.25, -0.2) is 4.39 Å². The maximum Gasteiger partial charge on any atom is 0.127 e. The Morgan fingerprint density at radius 3 is 2.90 bits per heavy atom. The fourth-order valence-corrected chi connectivity index (χ4v) is 2.83. The van der Waals surface area contributed by atoms with Crippen molar-refractivity contribution in [3.05, 3.63) is 63.9 Å². The molecule has 0 saturated carbocycles. The van der Waals surface area contributed by atoms with Crippen LogP contribution in [0.4, 0.5) is 4.39 Å². The zero-order valence-corrected chi connectivity index (χ0v) is 11.7. The Balaban J connectivity index is 1.92. The first-order valence-electron chi connectivity index (χ1n) is 6.59. The van der Waals surface area contributed by atoms with Crippen molar-refractivity contribution in [1.29, 1.82) is 0 Å². The van der Waals surface area contributed by atoms with E-state index in [-0.39, 0.29) is 11.9 Å². The summed E-state index contributed by atoms with van der Waals surface area (Å²) in [5, 5.41) is 0.647. The maximum atomic E-state index is 13.7. The summed E-state index contributed by atoms with van der Waals surface area (Å²) in [6, 6.07) is 10.1. The summed E-state index contributed by atoms with van der Waals surface area (Å²) in [5.41, 5.74) is 8.77. The number of hydrogen-bond acceptors (Lipinski definition) is 2. The highest BCUT2D eigenvalue weighted by molar-refractivity contribution is 6.30. The Kier molecular flexibility index (Phi) is 3.64. The molecule has 2 aromatic rings. The van der Waals surface area contributed by atoms with E-state index in [0.717, 1.165) is 23.3 Å². The lowest BCUT2D eigenvalue weighted by Gasteiger charge is -2.16. The van der Waals surface area contributed by atoms with Crippen molar-refractivity contribution in [3.8, 4) is 5.75 Å². The van der Waals surface area contributed by atoms with Gasteiger partial charge < -0.3 is 10.5 Å².